The molecule has 2 heteroatoms. The van der Waals surface area contributed by atoms with Gasteiger partial charge in [0.1, 0.15) is 5.60 Å². The van der Waals surface area contributed by atoms with E-state index in [1.807, 2.05) is 0 Å². The van der Waals surface area contributed by atoms with E-state index in [1.54, 1.807) is 0 Å². The molecule has 92 valence electrons. The summed E-state index contributed by atoms with van der Waals surface area (Å²) in [4.78, 5) is 11.4. The van der Waals surface area contributed by atoms with Gasteiger partial charge in [0.25, 0.3) is 0 Å². The van der Waals surface area contributed by atoms with Crippen LogP contribution < -0.4 is 0 Å². The SMILES string of the molecule is C=CC(=O)OC(C)(CC)C1CCCCCC1. The Bertz CT molecular complexity index is 239. The van der Waals surface area contributed by atoms with Crippen molar-refractivity contribution in [2.24, 2.45) is 5.92 Å². The van der Waals surface area contributed by atoms with Crippen molar-refractivity contribution in [2.45, 2.75) is 64.4 Å². The quantitative estimate of drug-likeness (QED) is 0.412. The highest BCUT2D eigenvalue weighted by Crippen LogP contribution is 2.36. The molecule has 0 aliphatic heterocycles. The molecule has 0 N–H and O–H groups in total. The lowest BCUT2D eigenvalue weighted by Gasteiger charge is -2.36. The molecular weight excluding hydrogens is 200 g/mol. The number of hydrogen-bond donors (Lipinski definition) is 0. The van der Waals surface area contributed by atoms with Crippen LogP contribution in [0.4, 0.5) is 0 Å². The molecular formula is C14H24O2. The van der Waals surface area contributed by atoms with Crippen LogP contribution in [-0.2, 0) is 9.53 Å². The van der Waals surface area contributed by atoms with Gasteiger partial charge in [-0.2, -0.15) is 0 Å². The van der Waals surface area contributed by atoms with E-state index in [9.17, 15) is 4.79 Å². The van der Waals surface area contributed by atoms with Gasteiger partial charge in [0.05, 0.1) is 0 Å². The summed E-state index contributed by atoms with van der Waals surface area (Å²) in [6.07, 6.45) is 9.72. The maximum Gasteiger partial charge on any atom is 0.330 e. The minimum absolute atomic E-state index is 0.284. The van der Waals surface area contributed by atoms with Crippen LogP contribution in [0.1, 0.15) is 58.8 Å². The fourth-order valence-corrected chi connectivity index (χ4v) is 2.61. The van der Waals surface area contributed by atoms with Crippen molar-refractivity contribution >= 4 is 5.97 Å². The number of esters is 1. The third kappa shape index (κ3) is 3.36. The van der Waals surface area contributed by atoms with Crippen LogP contribution in [0, 0.1) is 5.92 Å². The third-order valence-electron chi connectivity index (χ3n) is 3.92. The Kier molecular flexibility index (Phi) is 5.04. The maximum absolute atomic E-state index is 11.4. The Morgan fingerprint density at radius 2 is 1.94 bits per heavy atom. The molecule has 1 aliphatic rings. The first kappa shape index (κ1) is 13.3. The summed E-state index contributed by atoms with van der Waals surface area (Å²) < 4.78 is 5.57. The van der Waals surface area contributed by atoms with Crippen LogP contribution in [0.5, 0.6) is 0 Å². The molecule has 16 heavy (non-hydrogen) atoms. The van der Waals surface area contributed by atoms with Gasteiger partial charge < -0.3 is 4.74 Å². The van der Waals surface area contributed by atoms with Crippen molar-refractivity contribution in [2.75, 3.05) is 0 Å². The highest BCUT2D eigenvalue weighted by molar-refractivity contribution is 5.81. The lowest BCUT2D eigenvalue weighted by atomic mass is 9.81. The van der Waals surface area contributed by atoms with Crippen LogP contribution in [-0.4, -0.2) is 11.6 Å². The molecule has 0 saturated heterocycles. The molecule has 1 saturated carbocycles. The summed E-state index contributed by atoms with van der Waals surface area (Å²) in [5.41, 5.74) is -0.296. The molecule has 2 nitrogen and oxygen atoms in total. The minimum atomic E-state index is -0.296. The molecule has 0 amide bonds. The first-order chi connectivity index (χ1) is 7.62. The van der Waals surface area contributed by atoms with Gasteiger partial charge >= 0.3 is 5.97 Å². The topological polar surface area (TPSA) is 26.3 Å². The molecule has 1 rings (SSSR count). The van der Waals surface area contributed by atoms with E-state index < -0.39 is 0 Å². The fraction of sp³-hybridized carbons (Fsp3) is 0.786. The van der Waals surface area contributed by atoms with Crippen molar-refractivity contribution in [3.05, 3.63) is 12.7 Å². The summed E-state index contributed by atoms with van der Waals surface area (Å²) >= 11 is 0. The Morgan fingerprint density at radius 3 is 2.38 bits per heavy atom. The number of ether oxygens (including phenoxy) is 1. The second-order valence-corrected chi connectivity index (χ2v) is 4.98. The second kappa shape index (κ2) is 6.07. The zero-order valence-electron chi connectivity index (χ0n) is 10.6. The minimum Gasteiger partial charge on any atom is -0.456 e. The normalized spacial score (nSPS) is 21.9. The number of rotatable bonds is 4. The van der Waals surface area contributed by atoms with E-state index in [-0.39, 0.29) is 11.6 Å². The van der Waals surface area contributed by atoms with Gasteiger partial charge in [0.2, 0.25) is 0 Å². The molecule has 0 aromatic rings. The Morgan fingerprint density at radius 1 is 1.38 bits per heavy atom. The predicted octanol–water partition coefficient (Wildman–Crippen LogP) is 3.85. The molecule has 1 atom stereocenters. The molecule has 0 aromatic carbocycles. The zero-order chi connectivity index (χ0) is 12.0. The molecule has 0 spiro atoms. The Labute approximate surface area is 99.1 Å². The first-order valence-electron chi connectivity index (χ1n) is 6.48. The van der Waals surface area contributed by atoms with Crippen LogP contribution in [0.2, 0.25) is 0 Å². The van der Waals surface area contributed by atoms with Crippen LogP contribution >= 0.6 is 0 Å². The van der Waals surface area contributed by atoms with Crippen molar-refractivity contribution in [1.29, 1.82) is 0 Å². The smallest absolute Gasteiger partial charge is 0.330 e. The average molecular weight is 224 g/mol. The molecule has 1 aliphatic carbocycles. The first-order valence-corrected chi connectivity index (χ1v) is 6.48. The molecule has 0 radical (unpaired) electrons. The molecule has 0 heterocycles. The third-order valence-corrected chi connectivity index (χ3v) is 3.92. The van der Waals surface area contributed by atoms with E-state index in [0.29, 0.717) is 5.92 Å². The number of carbonyl (C=O) groups is 1. The van der Waals surface area contributed by atoms with Gasteiger partial charge in [-0.3, -0.25) is 0 Å². The summed E-state index contributed by atoms with van der Waals surface area (Å²) in [6.45, 7) is 7.64. The van der Waals surface area contributed by atoms with Crippen LogP contribution in [0.25, 0.3) is 0 Å². The van der Waals surface area contributed by atoms with E-state index in [4.69, 9.17) is 4.74 Å². The largest absolute Gasteiger partial charge is 0.456 e. The summed E-state index contributed by atoms with van der Waals surface area (Å²) in [7, 11) is 0. The van der Waals surface area contributed by atoms with Gasteiger partial charge in [0.15, 0.2) is 0 Å². The highest BCUT2D eigenvalue weighted by Gasteiger charge is 2.35. The van der Waals surface area contributed by atoms with Crippen LogP contribution in [0.15, 0.2) is 12.7 Å². The van der Waals surface area contributed by atoms with E-state index in [0.717, 1.165) is 6.42 Å². The van der Waals surface area contributed by atoms with Gasteiger partial charge in [-0.1, -0.05) is 39.2 Å². The van der Waals surface area contributed by atoms with Gasteiger partial charge in [-0.15, -0.1) is 0 Å². The number of carbonyl (C=O) groups excluding carboxylic acids is 1. The highest BCUT2D eigenvalue weighted by atomic mass is 16.6. The molecule has 1 unspecified atom stereocenters. The summed E-state index contributed by atoms with van der Waals surface area (Å²) in [5.74, 6) is 0.234. The van der Waals surface area contributed by atoms with E-state index in [1.165, 1.54) is 44.6 Å². The van der Waals surface area contributed by atoms with Gasteiger partial charge in [-0.25, -0.2) is 4.79 Å². The average Bonchev–Trinajstić information content (AvgIpc) is 2.57. The molecule has 0 aromatic heterocycles. The standard InChI is InChI=1S/C14H24O2/c1-4-13(15)16-14(3,5-2)12-10-8-6-7-9-11-12/h4,12H,1,5-11H2,2-3H3. The van der Waals surface area contributed by atoms with Crippen molar-refractivity contribution in [1.82, 2.24) is 0 Å². The summed E-state index contributed by atoms with van der Waals surface area (Å²) in [5, 5.41) is 0. The second-order valence-electron chi connectivity index (χ2n) is 4.98. The Balaban J connectivity index is 2.68. The summed E-state index contributed by atoms with van der Waals surface area (Å²) in [6, 6.07) is 0. The lowest BCUT2D eigenvalue weighted by Crippen LogP contribution is -2.38. The molecule has 1 fully saturated rings. The van der Waals surface area contributed by atoms with Gasteiger partial charge in [0, 0.05) is 6.08 Å². The van der Waals surface area contributed by atoms with E-state index in [2.05, 4.69) is 20.4 Å². The van der Waals surface area contributed by atoms with Crippen molar-refractivity contribution in [3.63, 3.8) is 0 Å². The zero-order valence-corrected chi connectivity index (χ0v) is 10.6. The van der Waals surface area contributed by atoms with Crippen molar-refractivity contribution < 1.29 is 9.53 Å². The maximum atomic E-state index is 11.4. The predicted molar refractivity (Wildman–Crippen MR) is 66.2 cm³/mol. The number of hydrogen-bond acceptors (Lipinski definition) is 2. The van der Waals surface area contributed by atoms with Crippen molar-refractivity contribution in [3.8, 4) is 0 Å². The lowest BCUT2D eigenvalue weighted by molar-refractivity contribution is -0.158. The molecule has 0 bridgehead atoms. The fourth-order valence-electron chi connectivity index (χ4n) is 2.61. The monoisotopic (exact) mass is 224 g/mol. The van der Waals surface area contributed by atoms with Gasteiger partial charge in [-0.05, 0) is 32.1 Å². The Hall–Kier alpha value is -0.790. The van der Waals surface area contributed by atoms with Crippen LogP contribution in [0.3, 0.4) is 0 Å². The van der Waals surface area contributed by atoms with E-state index >= 15 is 0 Å².